The summed E-state index contributed by atoms with van der Waals surface area (Å²) in [7, 11) is 1.87. The van der Waals surface area contributed by atoms with E-state index in [1.807, 2.05) is 27.0 Å². The van der Waals surface area contributed by atoms with Crippen molar-refractivity contribution in [2.45, 2.75) is 19.8 Å². The second kappa shape index (κ2) is 2.86. The number of hydrogen-bond donors (Lipinski definition) is 0. The molecular formula is C8H12N2O. The predicted octanol–water partition coefficient (Wildman–Crippen LogP) is 1.03. The lowest BCUT2D eigenvalue weighted by Crippen LogP contribution is -1.97. The number of aryl methyl sites for hydroxylation is 2. The molecule has 1 aromatic rings. The smallest absolute Gasteiger partial charge is 0.128 e. The molecule has 0 aliphatic carbocycles. The van der Waals surface area contributed by atoms with Gasteiger partial charge < -0.3 is 4.79 Å². The molecule has 1 aromatic heterocycles. The maximum absolute atomic E-state index is 10.4. The van der Waals surface area contributed by atoms with Crippen LogP contribution in [0, 0.1) is 6.92 Å². The highest BCUT2D eigenvalue weighted by molar-refractivity contribution is 5.60. The molecule has 0 aliphatic heterocycles. The van der Waals surface area contributed by atoms with Crippen LogP contribution in [-0.4, -0.2) is 16.1 Å². The summed E-state index contributed by atoms with van der Waals surface area (Å²) >= 11 is 0. The summed E-state index contributed by atoms with van der Waals surface area (Å²) in [6.45, 7) is 3.81. The van der Waals surface area contributed by atoms with E-state index in [9.17, 15) is 4.79 Å². The van der Waals surface area contributed by atoms with E-state index >= 15 is 0 Å². The second-order valence-corrected chi connectivity index (χ2v) is 2.76. The Morgan fingerprint density at radius 2 is 2.36 bits per heavy atom. The molecule has 0 N–H and O–H groups in total. The molecule has 60 valence electrons. The van der Waals surface area contributed by atoms with Gasteiger partial charge in [-0.15, -0.1) is 0 Å². The molecule has 0 amide bonds. The van der Waals surface area contributed by atoms with Gasteiger partial charge in [0, 0.05) is 12.7 Å². The van der Waals surface area contributed by atoms with E-state index in [4.69, 9.17) is 0 Å². The van der Waals surface area contributed by atoms with Crippen molar-refractivity contribution in [1.82, 2.24) is 9.78 Å². The normalized spacial score (nSPS) is 13.0. The number of rotatable bonds is 2. The lowest BCUT2D eigenvalue weighted by molar-refractivity contribution is -0.108. The average molecular weight is 152 g/mol. The third-order valence-electron chi connectivity index (χ3n) is 1.80. The molecule has 0 saturated heterocycles. The number of hydrogen-bond acceptors (Lipinski definition) is 2. The highest BCUT2D eigenvalue weighted by Crippen LogP contribution is 2.11. The fraction of sp³-hybridized carbons (Fsp3) is 0.500. The Morgan fingerprint density at radius 3 is 2.73 bits per heavy atom. The standard InChI is InChI=1S/C8H12N2O/c1-6(5-11)8-4-7(2)10(3)9-8/h4-6H,1-3H3. The van der Waals surface area contributed by atoms with Crippen molar-refractivity contribution in [2.24, 2.45) is 7.05 Å². The minimum absolute atomic E-state index is 0.0881. The van der Waals surface area contributed by atoms with Crippen LogP contribution in [0.5, 0.6) is 0 Å². The van der Waals surface area contributed by atoms with Gasteiger partial charge in [0.15, 0.2) is 0 Å². The van der Waals surface area contributed by atoms with Gasteiger partial charge in [0.05, 0.1) is 11.6 Å². The Kier molecular flexibility index (Phi) is 2.08. The van der Waals surface area contributed by atoms with Crippen molar-refractivity contribution in [3.05, 3.63) is 17.5 Å². The summed E-state index contributed by atoms with van der Waals surface area (Å²) in [6, 6.07) is 1.93. The molecule has 0 saturated carbocycles. The molecule has 3 nitrogen and oxygen atoms in total. The summed E-state index contributed by atoms with van der Waals surface area (Å²) in [5, 5.41) is 4.17. The van der Waals surface area contributed by atoms with Crippen LogP contribution in [0.3, 0.4) is 0 Å². The molecule has 0 bridgehead atoms. The first kappa shape index (κ1) is 7.98. The molecular weight excluding hydrogens is 140 g/mol. The third kappa shape index (κ3) is 1.48. The number of aldehydes is 1. The fourth-order valence-corrected chi connectivity index (χ4v) is 0.881. The molecule has 0 fully saturated rings. The van der Waals surface area contributed by atoms with Gasteiger partial charge in [0.1, 0.15) is 6.29 Å². The first-order valence-corrected chi connectivity index (χ1v) is 3.61. The van der Waals surface area contributed by atoms with Crippen LogP contribution in [-0.2, 0) is 11.8 Å². The van der Waals surface area contributed by atoms with Gasteiger partial charge in [-0.05, 0) is 13.0 Å². The van der Waals surface area contributed by atoms with Crippen molar-refractivity contribution < 1.29 is 4.79 Å². The Bertz CT molecular complexity index is 246. The molecule has 0 aliphatic rings. The minimum Gasteiger partial charge on any atom is -0.303 e. The zero-order valence-corrected chi connectivity index (χ0v) is 7.03. The van der Waals surface area contributed by atoms with Crippen LogP contribution in [0.1, 0.15) is 24.2 Å². The average Bonchev–Trinajstić information content (AvgIpc) is 2.31. The van der Waals surface area contributed by atoms with Crippen molar-refractivity contribution in [3.8, 4) is 0 Å². The molecule has 3 heteroatoms. The summed E-state index contributed by atoms with van der Waals surface area (Å²) < 4.78 is 1.77. The van der Waals surface area contributed by atoms with Gasteiger partial charge in [-0.2, -0.15) is 5.10 Å². The molecule has 1 heterocycles. The number of aromatic nitrogens is 2. The van der Waals surface area contributed by atoms with Gasteiger partial charge in [-0.3, -0.25) is 4.68 Å². The van der Waals surface area contributed by atoms with E-state index in [-0.39, 0.29) is 5.92 Å². The quantitative estimate of drug-likeness (QED) is 0.593. The summed E-state index contributed by atoms with van der Waals surface area (Å²) in [4.78, 5) is 10.4. The van der Waals surface area contributed by atoms with E-state index in [1.165, 1.54) is 0 Å². The maximum atomic E-state index is 10.4. The van der Waals surface area contributed by atoms with Gasteiger partial charge in [0.25, 0.3) is 0 Å². The van der Waals surface area contributed by atoms with Crippen LogP contribution in [0.15, 0.2) is 6.07 Å². The Morgan fingerprint density at radius 1 is 1.73 bits per heavy atom. The monoisotopic (exact) mass is 152 g/mol. The van der Waals surface area contributed by atoms with E-state index in [0.29, 0.717) is 0 Å². The minimum atomic E-state index is -0.0881. The topological polar surface area (TPSA) is 34.9 Å². The highest BCUT2D eigenvalue weighted by Gasteiger charge is 2.07. The van der Waals surface area contributed by atoms with Crippen LogP contribution in [0.25, 0.3) is 0 Å². The number of nitrogens with zero attached hydrogens (tertiary/aromatic N) is 2. The predicted molar refractivity (Wildman–Crippen MR) is 42.4 cm³/mol. The second-order valence-electron chi connectivity index (χ2n) is 2.76. The molecule has 1 atom stereocenters. The van der Waals surface area contributed by atoms with E-state index < -0.39 is 0 Å². The number of carbonyl (C=O) groups is 1. The lowest BCUT2D eigenvalue weighted by Gasteiger charge is -1.94. The van der Waals surface area contributed by atoms with E-state index in [0.717, 1.165) is 17.7 Å². The van der Waals surface area contributed by atoms with Gasteiger partial charge in [0.2, 0.25) is 0 Å². The first-order valence-electron chi connectivity index (χ1n) is 3.61. The number of carbonyl (C=O) groups excluding carboxylic acids is 1. The third-order valence-corrected chi connectivity index (χ3v) is 1.80. The summed E-state index contributed by atoms with van der Waals surface area (Å²) in [6.07, 6.45) is 0.905. The highest BCUT2D eigenvalue weighted by atomic mass is 16.1. The summed E-state index contributed by atoms with van der Waals surface area (Å²) in [5.74, 6) is -0.0881. The van der Waals surface area contributed by atoms with Crippen LogP contribution in [0.4, 0.5) is 0 Å². The van der Waals surface area contributed by atoms with E-state index in [2.05, 4.69) is 5.10 Å². The van der Waals surface area contributed by atoms with Crippen LogP contribution in [0.2, 0.25) is 0 Å². The van der Waals surface area contributed by atoms with Crippen molar-refractivity contribution >= 4 is 6.29 Å². The largest absolute Gasteiger partial charge is 0.303 e. The van der Waals surface area contributed by atoms with Crippen LogP contribution >= 0.6 is 0 Å². The molecule has 11 heavy (non-hydrogen) atoms. The molecule has 0 spiro atoms. The maximum Gasteiger partial charge on any atom is 0.128 e. The van der Waals surface area contributed by atoms with Gasteiger partial charge >= 0.3 is 0 Å². The molecule has 0 radical (unpaired) electrons. The SMILES string of the molecule is Cc1cc(C(C)C=O)nn1C. The zero-order valence-electron chi connectivity index (χ0n) is 7.03. The van der Waals surface area contributed by atoms with Crippen LogP contribution < -0.4 is 0 Å². The van der Waals surface area contributed by atoms with Crippen molar-refractivity contribution in [3.63, 3.8) is 0 Å². The fourth-order valence-electron chi connectivity index (χ4n) is 0.881. The summed E-state index contributed by atoms with van der Waals surface area (Å²) in [5.41, 5.74) is 1.92. The van der Waals surface area contributed by atoms with Gasteiger partial charge in [-0.1, -0.05) is 6.92 Å². The first-order chi connectivity index (χ1) is 5.15. The Labute approximate surface area is 66.0 Å². The van der Waals surface area contributed by atoms with Crippen molar-refractivity contribution in [2.75, 3.05) is 0 Å². The molecule has 1 rings (SSSR count). The Balaban J connectivity index is 2.96. The van der Waals surface area contributed by atoms with E-state index in [1.54, 1.807) is 4.68 Å². The Hall–Kier alpha value is -1.12. The zero-order chi connectivity index (χ0) is 8.43. The molecule has 1 unspecified atom stereocenters. The lowest BCUT2D eigenvalue weighted by atomic mass is 10.1. The van der Waals surface area contributed by atoms with Crippen molar-refractivity contribution in [1.29, 1.82) is 0 Å². The molecule has 0 aromatic carbocycles. The van der Waals surface area contributed by atoms with Gasteiger partial charge in [-0.25, -0.2) is 0 Å².